The number of nitrogens with one attached hydrogen (secondary N) is 1. The number of para-hydroxylation sites is 2. The standard InChI is InChI=1S/C26H27NO6/c1-4-32-21-13-9-8-12-20(21)27-26(29)25(19-10-6-5-7-11-19)33-24(28)17-18-14-15-22(30-2)23(16-18)31-3/h5-16,25H,4,17H2,1-3H3,(H,27,29). The van der Waals surface area contributed by atoms with Crippen molar-refractivity contribution >= 4 is 17.6 Å². The second-order valence-corrected chi connectivity index (χ2v) is 7.07. The second kappa shape index (κ2) is 11.6. The van der Waals surface area contributed by atoms with Gasteiger partial charge >= 0.3 is 5.97 Å². The zero-order chi connectivity index (χ0) is 23.6. The predicted molar refractivity (Wildman–Crippen MR) is 125 cm³/mol. The molecule has 0 spiro atoms. The van der Waals surface area contributed by atoms with Crippen molar-refractivity contribution in [2.75, 3.05) is 26.1 Å². The molecular weight excluding hydrogens is 422 g/mol. The second-order valence-electron chi connectivity index (χ2n) is 7.07. The molecule has 0 aromatic heterocycles. The van der Waals surface area contributed by atoms with Gasteiger partial charge in [0.1, 0.15) is 5.75 Å². The summed E-state index contributed by atoms with van der Waals surface area (Å²) < 4.78 is 21.7. The lowest BCUT2D eigenvalue weighted by molar-refractivity contribution is -0.154. The SMILES string of the molecule is CCOc1ccccc1NC(=O)C(OC(=O)Cc1ccc(OC)c(OC)c1)c1ccccc1. The predicted octanol–water partition coefficient (Wildman–Crippen LogP) is 4.57. The van der Waals surface area contributed by atoms with Crippen molar-refractivity contribution in [3.05, 3.63) is 83.9 Å². The summed E-state index contributed by atoms with van der Waals surface area (Å²) in [5.74, 6) is 0.576. The van der Waals surface area contributed by atoms with Gasteiger partial charge in [0.2, 0.25) is 6.10 Å². The molecule has 7 heteroatoms. The molecule has 1 N–H and O–H groups in total. The number of hydrogen-bond donors (Lipinski definition) is 1. The highest BCUT2D eigenvalue weighted by atomic mass is 16.5. The minimum Gasteiger partial charge on any atom is -0.493 e. The Bertz CT molecular complexity index is 1080. The maximum Gasteiger partial charge on any atom is 0.311 e. The number of methoxy groups -OCH3 is 2. The fourth-order valence-corrected chi connectivity index (χ4v) is 3.28. The Morgan fingerprint density at radius 3 is 2.24 bits per heavy atom. The van der Waals surface area contributed by atoms with E-state index in [1.807, 2.05) is 19.1 Å². The molecule has 3 aromatic rings. The highest BCUT2D eigenvalue weighted by Gasteiger charge is 2.26. The maximum atomic E-state index is 13.2. The Hall–Kier alpha value is -4.00. The molecule has 33 heavy (non-hydrogen) atoms. The van der Waals surface area contributed by atoms with Crippen molar-refractivity contribution < 1.29 is 28.5 Å². The van der Waals surface area contributed by atoms with Gasteiger partial charge in [0.15, 0.2) is 11.5 Å². The van der Waals surface area contributed by atoms with Gasteiger partial charge in [0.25, 0.3) is 5.91 Å². The van der Waals surface area contributed by atoms with Crippen LogP contribution in [0.1, 0.15) is 24.2 Å². The molecule has 1 unspecified atom stereocenters. The van der Waals surface area contributed by atoms with Crippen LogP contribution in [0.25, 0.3) is 0 Å². The highest BCUT2D eigenvalue weighted by molar-refractivity contribution is 5.97. The molecule has 0 fully saturated rings. The minimum absolute atomic E-state index is 0.0352. The smallest absolute Gasteiger partial charge is 0.311 e. The molecule has 0 saturated heterocycles. The minimum atomic E-state index is -1.13. The molecule has 3 aromatic carbocycles. The van der Waals surface area contributed by atoms with Crippen molar-refractivity contribution in [1.29, 1.82) is 0 Å². The molecule has 3 rings (SSSR count). The number of amides is 1. The van der Waals surface area contributed by atoms with E-state index in [1.165, 1.54) is 7.11 Å². The van der Waals surface area contributed by atoms with E-state index in [4.69, 9.17) is 18.9 Å². The number of esters is 1. The number of benzene rings is 3. The van der Waals surface area contributed by atoms with Crippen molar-refractivity contribution in [1.82, 2.24) is 0 Å². The first-order valence-electron chi connectivity index (χ1n) is 10.5. The normalized spacial score (nSPS) is 11.2. The Labute approximate surface area is 193 Å². The third kappa shape index (κ3) is 6.26. The maximum absolute atomic E-state index is 13.2. The zero-order valence-corrected chi connectivity index (χ0v) is 18.9. The lowest BCUT2D eigenvalue weighted by Crippen LogP contribution is -2.26. The molecule has 0 aliphatic carbocycles. The Kier molecular flexibility index (Phi) is 8.30. The van der Waals surface area contributed by atoms with Crippen LogP contribution >= 0.6 is 0 Å². The summed E-state index contributed by atoms with van der Waals surface area (Å²) in [5, 5.41) is 2.82. The molecule has 0 aliphatic heterocycles. The van der Waals surface area contributed by atoms with Crippen molar-refractivity contribution in [3.8, 4) is 17.2 Å². The number of rotatable bonds is 10. The van der Waals surface area contributed by atoms with Gasteiger partial charge in [-0.1, -0.05) is 48.5 Å². The molecule has 0 bridgehead atoms. The van der Waals surface area contributed by atoms with E-state index in [0.717, 1.165) is 0 Å². The molecule has 1 amide bonds. The van der Waals surface area contributed by atoms with E-state index < -0.39 is 18.0 Å². The molecule has 0 saturated carbocycles. The fraction of sp³-hybridized carbons (Fsp3) is 0.231. The van der Waals surface area contributed by atoms with Crippen LogP contribution in [0, 0.1) is 0 Å². The summed E-state index contributed by atoms with van der Waals surface area (Å²) in [6.45, 7) is 2.32. The van der Waals surface area contributed by atoms with Gasteiger partial charge in [0.05, 0.1) is 32.9 Å². The van der Waals surface area contributed by atoms with E-state index in [9.17, 15) is 9.59 Å². The molecule has 0 aliphatic rings. The fourth-order valence-electron chi connectivity index (χ4n) is 3.28. The van der Waals surface area contributed by atoms with Gasteiger partial charge in [-0.05, 0) is 36.8 Å². The first kappa shape index (κ1) is 23.7. The van der Waals surface area contributed by atoms with Gasteiger partial charge in [-0.15, -0.1) is 0 Å². The molecule has 172 valence electrons. The van der Waals surface area contributed by atoms with Crippen LogP contribution in [0.4, 0.5) is 5.69 Å². The van der Waals surface area contributed by atoms with Crippen molar-refractivity contribution in [2.24, 2.45) is 0 Å². The first-order valence-corrected chi connectivity index (χ1v) is 10.5. The van der Waals surface area contributed by atoms with Crippen LogP contribution < -0.4 is 19.5 Å². The average Bonchev–Trinajstić information content (AvgIpc) is 2.84. The third-order valence-electron chi connectivity index (χ3n) is 4.83. The summed E-state index contributed by atoms with van der Waals surface area (Å²) in [6.07, 6.45) is -1.17. The van der Waals surface area contributed by atoms with Crippen LogP contribution in [0.3, 0.4) is 0 Å². The van der Waals surface area contributed by atoms with Crippen LogP contribution in [0.15, 0.2) is 72.8 Å². The van der Waals surface area contributed by atoms with Gasteiger partial charge in [-0.2, -0.15) is 0 Å². The van der Waals surface area contributed by atoms with E-state index in [-0.39, 0.29) is 6.42 Å². The largest absolute Gasteiger partial charge is 0.493 e. The summed E-state index contributed by atoms with van der Waals surface area (Å²) in [7, 11) is 3.06. The summed E-state index contributed by atoms with van der Waals surface area (Å²) >= 11 is 0. The molecule has 7 nitrogen and oxygen atoms in total. The van der Waals surface area contributed by atoms with Crippen LogP contribution in [-0.4, -0.2) is 32.7 Å². The van der Waals surface area contributed by atoms with Gasteiger partial charge in [-0.25, -0.2) is 0 Å². The number of ether oxygens (including phenoxy) is 4. The Balaban J connectivity index is 1.79. The van der Waals surface area contributed by atoms with Crippen molar-refractivity contribution in [2.45, 2.75) is 19.4 Å². The third-order valence-corrected chi connectivity index (χ3v) is 4.83. The summed E-state index contributed by atoms with van der Waals surface area (Å²) in [6, 6.07) is 21.1. The van der Waals surface area contributed by atoms with E-state index in [1.54, 1.807) is 67.8 Å². The molecule has 1 atom stereocenters. The molecule has 0 radical (unpaired) electrons. The number of carbonyl (C=O) groups is 2. The number of anilines is 1. The number of carbonyl (C=O) groups excluding carboxylic acids is 2. The van der Waals surface area contributed by atoms with Gasteiger partial charge in [0, 0.05) is 5.56 Å². The lowest BCUT2D eigenvalue weighted by Gasteiger charge is -2.19. The van der Waals surface area contributed by atoms with Crippen LogP contribution in [0.5, 0.6) is 17.2 Å². The van der Waals surface area contributed by atoms with Crippen molar-refractivity contribution in [3.63, 3.8) is 0 Å². The average molecular weight is 450 g/mol. The van der Waals surface area contributed by atoms with E-state index in [0.29, 0.717) is 40.7 Å². The van der Waals surface area contributed by atoms with Crippen LogP contribution in [-0.2, 0) is 20.7 Å². The topological polar surface area (TPSA) is 83.1 Å². The first-order chi connectivity index (χ1) is 16.0. The molecular formula is C26H27NO6. The summed E-state index contributed by atoms with van der Waals surface area (Å²) in [5.41, 5.74) is 1.73. The van der Waals surface area contributed by atoms with Gasteiger partial charge in [-0.3, -0.25) is 9.59 Å². The Morgan fingerprint density at radius 2 is 1.55 bits per heavy atom. The monoisotopic (exact) mass is 449 g/mol. The zero-order valence-electron chi connectivity index (χ0n) is 18.9. The van der Waals surface area contributed by atoms with E-state index >= 15 is 0 Å². The summed E-state index contributed by atoms with van der Waals surface area (Å²) in [4.78, 5) is 25.9. The lowest BCUT2D eigenvalue weighted by atomic mass is 10.1. The quantitative estimate of drug-likeness (QED) is 0.457. The number of hydrogen-bond acceptors (Lipinski definition) is 6. The van der Waals surface area contributed by atoms with E-state index in [2.05, 4.69) is 5.32 Å². The van der Waals surface area contributed by atoms with Gasteiger partial charge < -0.3 is 24.3 Å². The highest BCUT2D eigenvalue weighted by Crippen LogP contribution is 2.29. The molecule has 0 heterocycles. The Morgan fingerprint density at radius 1 is 0.848 bits per heavy atom. The van der Waals surface area contributed by atoms with Crippen LogP contribution in [0.2, 0.25) is 0 Å².